The number of thioether (sulfide) groups is 1. The predicted octanol–water partition coefficient (Wildman–Crippen LogP) is 5.79. The van der Waals surface area contributed by atoms with Crippen LogP contribution in [0.5, 0.6) is 0 Å². The molecule has 2 N–H and O–H groups in total. The van der Waals surface area contributed by atoms with E-state index < -0.39 is 5.25 Å². The van der Waals surface area contributed by atoms with Crippen LogP contribution in [0.2, 0.25) is 0 Å². The smallest absolute Gasteiger partial charge is 0.240 e. The second-order valence-corrected chi connectivity index (χ2v) is 9.81. The number of aromatic amines is 1. The molecule has 1 amide bonds. The number of rotatable bonds is 6. The van der Waals surface area contributed by atoms with Gasteiger partial charge in [-0.2, -0.15) is 5.10 Å². The number of fused-ring (bicyclic) bond motifs is 1. The molecule has 6 nitrogen and oxygen atoms in total. The Balaban J connectivity index is 1.34. The third-order valence-electron chi connectivity index (χ3n) is 5.46. The largest absolute Gasteiger partial charge is 0.354 e. The molecule has 4 aromatic rings. The molecule has 3 aromatic carbocycles. The number of nitrogens with zero attached hydrogens (tertiary/aromatic N) is 2. The van der Waals surface area contributed by atoms with E-state index in [2.05, 4.69) is 36.4 Å². The van der Waals surface area contributed by atoms with Crippen LogP contribution in [0.4, 0.5) is 0 Å². The van der Waals surface area contributed by atoms with Crippen LogP contribution < -0.4 is 5.32 Å². The van der Waals surface area contributed by atoms with Crippen molar-refractivity contribution in [2.45, 2.75) is 11.7 Å². The van der Waals surface area contributed by atoms with Crippen molar-refractivity contribution >= 4 is 61.7 Å². The summed E-state index contributed by atoms with van der Waals surface area (Å²) < 4.78 is 0.898. The van der Waals surface area contributed by atoms with Crippen LogP contribution in [0.1, 0.15) is 22.3 Å². The van der Waals surface area contributed by atoms with Crippen molar-refractivity contribution in [3.05, 3.63) is 94.5 Å². The number of H-pyrrole nitrogens is 1. The number of ketones is 1. The van der Waals surface area contributed by atoms with Crippen LogP contribution >= 0.6 is 27.7 Å². The zero-order valence-corrected chi connectivity index (χ0v) is 20.3. The van der Waals surface area contributed by atoms with Gasteiger partial charge in [-0.1, -0.05) is 88.4 Å². The van der Waals surface area contributed by atoms with Crippen molar-refractivity contribution in [1.82, 2.24) is 10.3 Å². The third kappa shape index (κ3) is 4.73. The summed E-state index contributed by atoms with van der Waals surface area (Å²) in [5.74, 6) is -0.322. The Kier molecular flexibility index (Phi) is 6.42. The minimum absolute atomic E-state index is 0.0869. The number of carbonyl (C=O) groups is 2. The molecule has 1 unspecified atom stereocenters. The van der Waals surface area contributed by atoms with Crippen LogP contribution in [0, 0.1) is 0 Å². The number of hydrogen-bond acceptors (Lipinski definition) is 5. The van der Waals surface area contributed by atoms with Crippen molar-refractivity contribution in [1.29, 1.82) is 0 Å². The molecule has 1 aromatic heterocycles. The molecule has 5 rings (SSSR count). The fraction of sp³-hybridized carbons (Fsp3) is 0.0769. The fourth-order valence-corrected chi connectivity index (χ4v) is 4.97. The van der Waals surface area contributed by atoms with Crippen molar-refractivity contribution in [2.24, 2.45) is 10.2 Å². The number of benzene rings is 3. The summed E-state index contributed by atoms with van der Waals surface area (Å²) in [6, 6.07) is 25.1. The lowest BCUT2D eigenvalue weighted by Crippen LogP contribution is -2.26. The van der Waals surface area contributed by atoms with Gasteiger partial charge in [0.15, 0.2) is 11.0 Å². The van der Waals surface area contributed by atoms with Gasteiger partial charge in [0.05, 0.1) is 17.2 Å². The Hall–Kier alpha value is -3.49. The van der Waals surface area contributed by atoms with Gasteiger partial charge in [0.1, 0.15) is 0 Å². The van der Waals surface area contributed by atoms with Gasteiger partial charge in [-0.25, -0.2) is 0 Å². The maximum atomic E-state index is 12.5. The average molecular weight is 531 g/mol. The first-order valence-electron chi connectivity index (χ1n) is 10.6. The molecule has 1 saturated heterocycles. The van der Waals surface area contributed by atoms with Crippen LogP contribution in [-0.4, -0.2) is 33.3 Å². The van der Waals surface area contributed by atoms with Crippen molar-refractivity contribution in [3.8, 4) is 11.3 Å². The molecule has 8 heteroatoms. The second-order valence-electron chi connectivity index (χ2n) is 7.70. The predicted molar refractivity (Wildman–Crippen MR) is 141 cm³/mol. The molecule has 2 heterocycles. The Morgan fingerprint density at radius 1 is 1.00 bits per heavy atom. The number of para-hydroxylation sites is 1. The van der Waals surface area contributed by atoms with E-state index in [1.54, 1.807) is 18.3 Å². The highest BCUT2D eigenvalue weighted by Gasteiger charge is 2.32. The Morgan fingerprint density at radius 3 is 2.53 bits per heavy atom. The first kappa shape index (κ1) is 22.3. The summed E-state index contributed by atoms with van der Waals surface area (Å²) in [7, 11) is 0. The van der Waals surface area contributed by atoms with Crippen LogP contribution in [0.25, 0.3) is 22.2 Å². The second kappa shape index (κ2) is 9.79. The van der Waals surface area contributed by atoms with Gasteiger partial charge in [-0.15, -0.1) is 5.10 Å². The molecule has 1 atom stereocenters. The average Bonchev–Trinajstić information content (AvgIpc) is 3.40. The van der Waals surface area contributed by atoms with Gasteiger partial charge in [0, 0.05) is 32.9 Å². The van der Waals surface area contributed by atoms with E-state index in [9.17, 15) is 9.59 Å². The lowest BCUT2D eigenvalue weighted by Gasteiger charge is -2.04. The maximum absolute atomic E-state index is 12.5. The molecule has 168 valence electrons. The number of hydrogen-bond donors (Lipinski definition) is 2. The van der Waals surface area contributed by atoms with E-state index in [0.717, 1.165) is 32.2 Å². The summed E-state index contributed by atoms with van der Waals surface area (Å²) >= 11 is 4.58. The Morgan fingerprint density at radius 2 is 1.74 bits per heavy atom. The lowest BCUT2D eigenvalue weighted by molar-refractivity contribution is -0.118. The van der Waals surface area contributed by atoms with Gasteiger partial charge >= 0.3 is 0 Å². The number of nitrogens with one attached hydrogen (secondary N) is 2. The number of amidine groups is 1. The highest BCUT2D eigenvalue weighted by molar-refractivity contribution is 9.10. The molecule has 1 aliphatic heterocycles. The first-order chi connectivity index (χ1) is 16.6. The van der Waals surface area contributed by atoms with Gasteiger partial charge < -0.3 is 10.3 Å². The SMILES string of the molecule is O=C(CC1S/C(=N/N=C/c2c(-c3ccccc3)[nH]c3ccccc23)NC1=O)c1ccc(Br)cc1. The van der Waals surface area contributed by atoms with E-state index in [4.69, 9.17) is 0 Å². The lowest BCUT2D eigenvalue weighted by atomic mass is 10.1. The zero-order chi connectivity index (χ0) is 23.5. The van der Waals surface area contributed by atoms with Gasteiger partial charge in [0.25, 0.3) is 0 Å². The van der Waals surface area contributed by atoms with Crippen LogP contribution in [-0.2, 0) is 4.79 Å². The van der Waals surface area contributed by atoms with Crippen LogP contribution in [0.3, 0.4) is 0 Å². The third-order valence-corrected chi connectivity index (χ3v) is 7.06. The molecule has 1 fully saturated rings. The van der Waals surface area contributed by atoms with Crippen molar-refractivity contribution in [3.63, 3.8) is 0 Å². The number of amides is 1. The standard InChI is InChI=1S/C26H19BrN4O2S/c27-18-12-10-16(11-13-18)22(32)14-23-25(33)30-26(34-23)31-28-15-20-19-8-4-5-9-21(19)29-24(20)17-6-2-1-3-7-17/h1-13,15,23,29H,14H2,(H,30,31,33)/b28-15+. The monoisotopic (exact) mass is 530 g/mol. The van der Waals surface area contributed by atoms with E-state index in [-0.39, 0.29) is 18.1 Å². The molecule has 0 radical (unpaired) electrons. The first-order valence-corrected chi connectivity index (χ1v) is 12.3. The number of halogens is 1. The maximum Gasteiger partial charge on any atom is 0.240 e. The molecule has 0 saturated carbocycles. The molecule has 0 aliphatic carbocycles. The van der Waals surface area contributed by atoms with E-state index in [1.165, 1.54) is 11.8 Å². The fourth-order valence-electron chi connectivity index (χ4n) is 3.78. The summed E-state index contributed by atoms with van der Waals surface area (Å²) in [5, 5.41) is 12.1. The quantitative estimate of drug-likeness (QED) is 0.188. The van der Waals surface area contributed by atoms with Crippen molar-refractivity contribution in [2.75, 3.05) is 0 Å². The molecule has 0 spiro atoms. The molecule has 1 aliphatic rings. The molecular weight excluding hydrogens is 512 g/mol. The van der Waals surface area contributed by atoms with Gasteiger partial charge in [-0.05, 0) is 23.8 Å². The topological polar surface area (TPSA) is 86.7 Å². The summed E-state index contributed by atoms with van der Waals surface area (Å²) in [4.78, 5) is 28.4. The highest BCUT2D eigenvalue weighted by atomic mass is 79.9. The Bertz CT molecular complexity index is 1430. The number of aromatic nitrogens is 1. The van der Waals surface area contributed by atoms with Crippen LogP contribution in [0.15, 0.2) is 93.5 Å². The van der Waals surface area contributed by atoms with Crippen molar-refractivity contribution < 1.29 is 9.59 Å². The Labute approximate surface area is 208 Å². The zero-order valence-electron chi connectivity index (χ0n) is 17.9. The van der Waals surface area contributed by atoms with E-state index >= 15 is 0 Å². The summed E-state index contributed by atoms with van der Waals surface area (Å²) in [6.07, 6.45) is 1.79. The number of Topliss-reactive ketones (excluding diaryl/α,β-unsaturated/α-hetero) is 1. The minimum Gasteiger partial charge on any atom is -0.354 e. The normalized spacial score (nSPS) is 17.0. The highest BCUT2D eigenvalue weighted by Crippen LogP contribution is 2.29. The molecule has 34 heavy (non-hydrogen) atoms. The molecule has 0 bridgehead atoms. The summed E-state index contributed by atoms with van der Waals surface area (Å²) in [6.45, 7) is 0. The minimum atomic E-state index is -0.530. The summed E-state index contributed by atoms with van der Waals surface area (Å²) in [5.41, 5.74) is 4.50. The number of carbonyl (C=O) groups excluding carboxylic acids is 2. The molecular formula is C26H19BrN4O2S. The van der Waals surface area contributed by atoms with Gasteiger partial charge in [-0.3, -0.25) is 9.59 Å². The van der Waals surface area contributed by atoms with Gasteiger partial charge in [0.2, 0.25) is 5.91 Å². The van der Waals surface area contributed by atoms with E-state index in [1.807, 2.05) is 66.7 Å². The van der Waals surface area contributed by atoms with E-state index in [0.29, 0.717) is 10.7 Å².